The number of nitrogens with zero attached hydrogens (tertiary/aromatic N) is 3. The van der Waals surface area contributed by atoms with E-state index >= 15 is 0 Å². The maximum absolute atomic E-state index is 6.02. The highest BCUT2D eigenvalue weighted by Gasteiger charge is 2.31. The highest BCUT2D eigenvalue weighted by molar-refractivity contribution is 5.03. The molecule has 0 radical (unpaired) electrons. The van der Waals surface area contributed by atoms with Crippen LogP contribution in [0.2, 0.25) is 0 Å². The summed E-state index contributed by atoms with van der Waals surface area (Å²) in [6, 6.07) is 0.268. The Morgan fingerprint density at radius 1 is 1.39 bits per heavy atom. The lowest BCUT2D eigenvalue weighted by Crippen LogP contribution is -2.35. The van der Waals surface area contributed by atoms with Gasteiger partial charge < -0.3 is 15.0 Å². The van der Waals surface area contributed by atoms with Crippen LogP contribution in [0, 0.1) is 5.92 Å². The minimum Gasteiger partial charge on any atom is -0.378 e. The zero-order valence-electron chi connectivity index (χ0n) is 11.0. The molecule has 0 spiro atoms. The number of hydrogen-bond donors (Lipinski definition) is 1. The second-order valence-electron chi connectivity index (χ2n) is 5.56. The van der Waals surface area contributed by atoms with Gasteiger partial charge in [-0.2, -0.15) is 0 Å². The van der Waals surface area contributed by atoms with Gasteiger partial charge in [-0.05, 0) is 32.1 Å². The Morgan fingerprint density at radius 2 is 2.22 bits per heavy atom. The molecule has 5 nitrogen and oxygen atoms in total. The fraction of sp³-hybridized carbons (Fsp3) is 0.846. The number of aryl methyl sites for hydroxylation is 1. The molecule has 0 aromatic carbocycles. The van der Waals surface area contributed by atoms with Crippen molar-refractivity contribution in [1.82, 2.24) is 14.8 Å². The van der Waals surface area contributed by atoms with E-state index in [0.717, 1.165) is 44.1 Å². The van der Waals surface area contributed by atoms with Crippen molar-refractivity contribution in [3.05, 3.63) is 11.6 Å². The van der Waals surface area contributed by atoms with Crippen LogP contribution in [0.15, 0.2) is 0 Å². The Kier molecular flexibility index (Phi) is 3.35. The average molecular weight is 250 g/mol. The first-order valence-electron chi connectivity index (χ1n) is 7.04. The van der Waals surface area contributed by atoms with Crippen molar-refractivity contribution in [2.24, 2.45) is 11.7 Å². The Labute approximate surface area is 108 Å². The van der Waals surface area contributed by atoms with Crippen molar-refractivity contribution in [1.29, 1.82) is 0 Å². The minimum atomic E-state index is 0.268. The van der Waals surface area contributed by atoms with Crippen LogP contribution in [0.4, 0.5) is 0 Å². The molecule has 1 atom stereocenters. The van der Waals surface area contributed by atoms with Gasteiger partial charge >= 0.3 is 0 Å². The molecule has 1 aliphatic heterocycles. The third-order valence-corrected chi connectivity index (χ3v) is 4.13. The van der Waals surface area contributed by atoms with Gasteiger partial charge in [-0.15, -0.1) is 10.2 Å². The molecule has 18 heavy (non-hydrogen) atoms. The zero-order valence-corrected chi connectivity index (χ0v) is 11.0. The van der Waals surface area contributed by atoms with Crippen molar-refractivity contribution in [2.75, 3.05) is 6.61 Å². The summed E-state index contributed by atoms with van der Waals surface area (Å²) in [7, 11) is 0. The molecular formula is C13H22N4O. The number of hydrogen-bond acceptors (Lipinski definition) is 4. The minimum absolute atomic E-state index is 0.268. The van der Waals surface area contributed by atoms with E-state index in [1.807, 2.05) is 0 Å². The van der Waals surface area contributed by atoms with Crippen molar-refractivity contribution in [3.8, 4) is 0 Å². The van der Waals surface area contributed by atoms with Crippen molar-refractivity contribution >= 4 is 0 Å². The van der Waals surface area contributed by atoms with Crippen molar-refractivity contribution in [3.63, 3.8) is 0 Å². The fourth-order valence-electron chi connectivity index (χ4n) is 3.03. The number of fused-ring (bicyclic) bond motifs is 1. The predicted molar refractivity (Wildman–Crippen MR) is 68.2 cm³/mol. The lowest BCUT2D eigenvalue weighted by Gasteiger charge is -2.35. The summed E-state index contributed by atoms with van der Waals surface area (Å²) in [5, 5.41) is 8.63. The molecule has 0 saturated heterocycles. The summed E-state index contributed by atoms with van der Waals surface area (Å²) in [4.78, 5) is 0. The number of ether oxygens (including phenoxy) is 1. The van der Waals surface area contributed by atoms with Crippen LogP contribution in [0.3, 0.4) is 0 Å². The lowest BCUT2D eigenvalue weighted by molar-refractivity contribution is -0.0247. The van der Waals surface area contributed by atoms with Gasteiger partial charge in [0.25, 0.3) is 0 Å². The summed E-state index contributed by atoms with van der Waals surface area (Å²) < 4.78 is 7.83. The van der Waals surface area contributed by atoms with Crippen LogP contribution in [-0.2, 0) is 24.1 Å². The monoisotopic (exact) mass is 250 g/mol. The molecule has 5 heteroatoms. The van der Waals surface area contributed by atoms with Crippen LogP contribution in [0.1, 0.15) is 37.8 Å². The van der Waals surface area contributed by atoms with Crippen LogP contribution < -0.4 is 5.73 Å². The largest absolute Gasteiger partial charge is 0.378 e. The molecular weight excluding hydrogens is 228 g/mol. The molecule has 0 bridgehead atoms. The first-order chi connectivity index (χ1) is 8.76. The molecule has 100 valence electrons. The number of rotatable bonds is 4. The van der Waals surface area contributed by atoms with Gasteiger partial charge in [0, 0.05) is 32.0 Å². The van der Waals surface area contributed by atoms with Crippen LogP contribution >= 0.6 is 0 Å². The molecule has 2 heterocycles. The normalized spacial score (nSPS) is 30.9. The van der Waals surface area contributed by atoms with E-state index in [-0.39, 0.29) is 6.04 Å². The van der Waals surface area contributed by atoms with Crippen LogP contribution in [0.5, 0.6) is 0 Å². The SMILES string of the molecule is CCOC1CC(Cc2nnc3n2CC(N)CC3)C1. The van der Waals surface area contributed by atoms with Gasteiger partial charge in [-0.3, -0.25) is 0 Å². The molecule has 1 unspecified atom stereocenters. The predicted octanol–water partition coefficient (Wildman–Crippen LogP) is 0.909. The molecule has 3 rings (SSSR count). The van der Waals surface area contributed by atoms with Gasteiger partial charge in [-0.25, -0.2) is 0 Å². The van der Waals surface area contributed by atoms with E-state index in [9.17, 15) is 0 Å². The smallest absolute Gasteiger partial charge is 0.133 e. The highest BCUT2D eigenvalue weighted by Crippen LogP contribution is 2.32. The standard InChI is InChI=1S/C13H22N4O/c1-2-18-11-5-9(6-11)7-13-16-15-12-4-3-10(14)8-17(12)13/h9-11H,2-8,14H2,1H3. The Hall–Kier alpha value is -0.940. The van der Waals surface area contributed by atoms with E-state index in [1.54, 1.807) is 0 Å². The summed E-state index contributed by atoms with van der Waals surface area (Å²) >= 11 is 0. The van der Waals surface area contributed by atoms with Gasteiger partial charge in [0.2, 0.25) is 0 Å². The summed E-state index contributed by atoms with van der Waals surface area (Å²) in [6.07, 6.45) is 5.85. The average Bonchev–Trinajstić information content (AvgIpc) is 2.69. The molecule has 2 N–H and O–H groups in total. The lowest BCUT2D eigenvalue weighted by atomic mass is 9.80. The van der Waals surface area contributed by atoms with Crippen molar-refractivity contribution in [2.45, 2.75) is 57.7 Å². The molecule has 2 aliphatic rings. The first-order valence-corrected chi connectivity index (χ1v) is 7.04. The molecule has 0 amide bonds. The summed E-state index contributed by atoms with van der Waals surface area (Å²) in [5.41, 5.74) is 6.02. The van der Waals surface area contributed by atoms with E-state index in [2.05, 4.69) is 21.7 Å². The van der Waals surface area contributed by atoms with E-state index in [0.29, 0.717) is 12.0 Å². The fourth-order valence-corrected chi connectivity index (χ4v) is 3.03. The van der Waals surface area contributed by atoms with Gasteiger partial charge in [-0.1, -0.05) is 0 Å². The van der Waals surface area contributed by atoms with Crippen LogP contribution in [0.25, 0.3) is 0 Å². The number of nitrogens with two attached hydrogens (primary N) is 1. The van der Waals surface area contributed by atoms with Gasteiger partial charge in [0.05, 0.1) is 6.10 Å². The molecule has 1 saturated carbocycles. The molecule has 1 aromatic rings. The number of aromatic nitrogens is 3. The Balaban J connectivity index is 1.59. The quantitative estimate of drug-likeness (QED) is 0.862. The van der Waals surface area contributed by atoms with E-state index in [1.165, 1.54) is 12.8 Å². The van der Waals surface area contributed by atoms with E-state index < -0.39 is 0 Å². The topological polar surface area (TPSA) is 66.0 Å². The Morgan fingerprint density at radius 3 is 3.00 bits per heavy atom. The van der Waals surface area contributed by atoms with Gasteiger partial charge in [0.15, 0.2) is 0 Å². The molecule has 1 fully saturated rings. The van der Waals surface area contributed by atoms with Gasteiger partial charge in [0.1, 0.15) is 11.6 Å². The summed E-state index contributed by atoms with van der Waals surface area (Å²) in [6.45, 7) is 3.77. The maximum atomic E-state index is 6.02. The summed E-state index contributed by atoms with van der Waals surface area (Å²) in [5.74, 6) is 2.96. The third-order valence-electron chi connectivity index (χ3n) is 4.13. The maximum Gasteiger partial charge on any atom is 0.133 e. The zero-order chi connectivity index (χ0) is 12.5. The molecule has 1 aromatic heterocycles. The first kappa shape index (κ1) is 12.1. The Bertz CT molecular complexity index is 411. The second kappa shape index (κ2) is 4.97. The van der Waals surface area contributed by atoms with Crippen molar-refractivity contribution < 1.29 is 4.74 Å². The van der Waals surface area contributed by atoms with E-state index in [4.69, 9.17) is 10.5 Å². The molecule has 1 aliphatic carbocycles. The van der Waals surface area contributed by atoms with Crippen LogP contribution in [-0.4, -0.2) is 33.5 Å². The second-order valence-corrected chi connectivity index (χ2v) is 5.56. The highest BCUT2D eigenvalue weighted by atomic mass is 16.5. The third kappa shape index (κ3) is 2.29.